The van der Waals surface area contributed by atoms with Gasteiger partial charge in [-0.1, -0.05) is 13.0 Å². The Balaban J connectivity index is 0.00000338. The smallest absolute Gasteiger partial charge is 0.193 e. The third-order valence-corrected chi connectivity index (χ3v) is 5.88. The zero-order valence-corrected chi connectivity index (χ0v) is 19.8. The maximum absolute atomic E-state index is 4.41. The Bertz CT molecular complexity index is 486. The lowest BCUT2D eigenvalue weighted by atomic mass is 10.2. The van der Waals surface area contributed by atoms with Gasteiger partial charge in [0.2, 0.25) is 0 Å². The average molecular weight is 494 g/mol. The van der Waals surface area contributed by atoms with E-state index in [4.69, 9.17) is 0 Å². The van der Waals surface area contributed by atoms with Crippen LogP contribution in [0, 0.1) is 0 Å². The fraction of sp³-hybridized carbons (Fsp3) is 0.737. The maximum Gasteiger partial charge on any atom is 0.193 e. The highest BCUT2D eigenvalue weighted by Gasteiger charge is 2.14. The molecule has 1 N–H and O–H groups in total. The second-order valence-electron chi connectivity index (χ2n) is 6.71. The summed E-state index contributed by atoms with van der Waals surface area (Å²) < 4.78 is 0. The van der Waals surface area contributed by atoms with Crippen LogP contribution in [0.1, 0.15) is 24.6 Å². The molecule has 0 saturated carbocycles. The number of nitrogens with one attached hydrogen (secondary N) is 1. The molecule has 1 aromatic heterocycles. The largest absolute Gasteiger partial charge is 0.356 e. The number of nitrogens with zero attached hydrogens (tertiary/aromatic N) is 4. The van der Waals surface area contributed by atoms with Gasteiger partial charge in [0.25, 0.3) is 0 Å². The number of hydrogen-bond acceptors (Lipinski definition) is 4. The van der Waals surface area contributed by atoms with Crippen molar-refractivity contribution in [2.24, 2.45) is 4.99 Å². The van der Waals surface area contributed by atoms with Crippen molar-refractivity contribution in [1.82, 2.24) is 20.0 Å². The molecule has 0 atom stereocenters. The van der Waals surface area contributed by atoms with Crippen LogP contribution in [-0.4, -0.2) is 87.1 Å². The molecule has 1 fully saturated rings. The molecule has 2 rings (SSSR count). The molecule has 150 valence electrons. The molecule has 0 radical (unpaired) electrons. The Morgan fingerprint density at radius 3 is 2.58 bits per heavy atom. The van der Waals surface area contributed by atoms with Gasteiger partial charge in [0, 0.05) is 58.2 Å². The summed E-state index contributed by atoms with van der Waals surface area (Å²) in [4.78, 5) is 13.2. The van der Waals surface area contributed by atoms with E-state index in [-0.39, 0.29) is 24.0 Å². The molecule has 0 unspecified atom stereocenters. The van der Waals surface area contributed by atoms with Crippen molar-refractivity contribution >= 4 is 41.3 Å². The molecular formula is C19H36IN5S. The first-order valence-corrected chi connectivity index (χ1v) is 10.5. The van der Waals surface area contributed by atoms with Crippen molar-refractivity contribution in [2.45, 2.75) is 26.2 Å². The molecule has 0 spiro atoms. The molecule has 5 nitrogen and oxygen atoms in total. The summed E-state index contributed by atoms with van der Waals surface area (Å²) in [6.45, 7) is 11.6. The lowest BCUT2D eigenvalue weighted by Crippen LogP contribution is -2.46. The minimum absolute atomic E-state index is 0. The highest BCUT2D eigenvalue weighted by Crippen LogP contribution is 2.09. The van der Waals surface area contributed by atoms with Gasteiger partial charge >= 0.3 is 0 Å². The van der Waals surface area contributed by atoms with Crippen LogP contribution in [0.2, 0.25) is 0 Å². The monoisotopic (exact) mass is 493 g/mol. The standard InChI is InChI=1S/C19H35N5S.HI/c1-4-23-13-15-24(16-14-23)11-6-5-10-21-19(20-2)22(3)12-9-18-8-7-17-25-18;/h7-8,17H,4-6,9-16H2,1-3H3,(H,20,21);1H. The summed E-state index contributed by atoms with van der Waals surface area (Å²) in [7, 11) is 3.99. The van der Waals surface area contributed by atoms with Gasteiger partial charge in [-0.25, -0.2) is 0 Å². The van der Waals surface area contributed by atoms with E-state index in [1.54, 1.807) is 0 Å². The van der Waals surface area contributed by atoms with Gasteiger partial charge in [-0.2, -0.15) is 0 Å². The SMILES string of the molecule is CCN1CCN(CCCCNC(=NC)N(C)CCc2cccs2)CC1.I. The number of rotatable bonds is 9. The van der Waals surface area contributed by atoms with E-state index in [1.807, 2.05) is 18.4 Å². The van der Waals surface area contributed by atoms with Crippen molar-refractivity contribution in [3.63, 3.8) is 0 Å². The van der Waals surface area contributed by atoms with E-state index in [0.29, 0.717) is 0 Å². The van der Waals surface area contributed by atoms with Crippen molar-refractivity contribution in [1.29, 1.82) is 0 Å². The molecule has 1 aromatic rings. The normalized spacial score (nSPS) is 16.3. The number of unbranched alkanes of at least 4 members (excludes halogenated alkanes) is 1. The molecule has 0 aliphatic carbocycles. The minimum atomic E-state index is 0. The van der Waals surface area contributed by atoms with Crippen LogP contribution in [-0.2, 0) is 6.42 Å². The number of thiophene rings is 1. The van der Waals surface area contributed by atoms with E-state index >= 15 is 0 Å². The fourth-order valence-electron chi connectivity index (χ4n) is 3.21. The zero-order chi connectivity index (χ0) is 17.9. The van der Waals surface area contributed by atoms with E-state index in [0.717, 1.165) is 25.5 Å². The van der Waals surface area contributed by atoms with Crippen LogP contribution in [0.5, 0.6) is 0 Å². The van der Waals surface area contributed by atoms with Gasteiger partial charge in [0.1, 0.15) is 0 Å². The van der Waals surface area contributed by atoms with Gasteiger partial charge in [0.15, 0.2) is 5.96 Å². The van der Waals surface area contributed by atoms with Gasteiger partial charge in [-0.3, -0.25) is 4.99 Å². The quantitative estimate of drug-likeness (QED) is 0.248. The third-order valence-electron chi connectivity index (χ3n) is 4.94. The Kier molecular flexibility index (Phi) is 12.5. The van der Waals surface area contributed by atoms with Gasteiger partial charge < -0.3 is 20.0 Å². The number of guanidine groups is 1. The zero-order valence-electron chi connectivity index (χ0n) is 16.6. The summed E-state index contributed by atoms with van der Waals surface area (Å²) >= 11 is 1.83. The first-order valence-electron chi connectivity index (χ1n) is 9.61. The average Bonchev–Trinajstić information content (AvgIpc) is 3.17. The van der Waals surface area contributed by atoms with Crippen LogP contribution < -0.4 is 5.32 Å². The summed E-state index contributed by atoms with van der Waals surface area (Å²) in [5.74, 6) is 1.01. The van der Waals surface area contributed by atoms with Crippen LogP contribution in [0.15, 0.2) is 22.5 Å². The molecule has 26 heavy (non-hydrogen) atoms. The van der Waals surface area contributed by atoms with E-state index in [1.165, 1.54) is 57.0 Å². The maximum atomic E-state index is 4.41. The first-order chi connectivity index (χ1) is 12.2. The van der Waals surface area contributed by atoms with Crippen LogP contribution in [0.25, 0.3) is 0 Å². The Morgan fingerprint density at radius 1 is 1.23 bits per heavy atom. The number of piperazine rings is 1. The molecule has 0 bridgehead atoms. The lowest BCUT2D eigenvalue weighted by Gasteiger charge is -2.34. The second-order valence-corrected chi connectivity index (χ2v) is 7.74. The Hall–Kier alpha value is -0.380. The molecule has 1 aliphatic heterocycles. The Morgan fingerprint density at radius 2 is 1.96 bits per heavy atom. The van der Waals surface area contributed by atoms with Crippen LogP contribution >= 0.6 is 35.3 Å². The van der Waals surface area contributed by atoms with E-state index < -0.39 is 0 Å². The first kappa shape index (κ1) is 23.7. The number of aliphatic imine (C=N–C) groups is 1. The van der Waals surface area contributed by atoms with Crippen LogP contribution in [0.3, 0.4) is 0 Å². The predicted octanol–water partition coefficient (Wildman–Crippen LogP) is 2.83. The molecule has 1 saturated heterocycles. The third kappa shape index (κ3) is 8.54. The van der Waals surface area contributed by atoms with Crippen molar-refractivity contribution in [2.75, 3.05) is 66.5 Å². The van der Waals surface area contributed by atoms with E-state index in [2.05, 4.69) is 56.5 Å². The number of halogens is 1. The molecule has 0 amide bonds. The number of hydrogen-bond donors (Lipinski definition) is 1. The van der Waals surface area contributed by atoms with Crippen molar-refractivity contribution in [3.05, 3.63) is 22.4 Å². The Labute approximate surface area is 180 Å². The predicted molar refractivity (Wildman–Crippen MR) is 125 cm³/mol. The summed E-state index contributed by atoms with van der Waals surface area (Å²) in [6, 6.07) is 4.32. The molecule has 0 aromatic carbocycles. The lowest BCUT2D eigenvalue weighted by molar-refractivity contribution is 0.136. The highest BCUT2D eigenvalue weighted by atomic mass is 127. The van der Waals surface area contributed by atoms with Crippen LogP contribution in [0.4, 0.5) is 0 Å². The van der Waals surface area contributed by atoms with Crippen molar-refractivity contribution in [3.8, 4) is 0 Å². The molecule has 7 heteroatoms. The summed E-state index contributed by atoms with van der Waals surface area (Å²) in [5.41, 5.74) is 0. The number of likely N-dealkylation sites (N-methyl/N-ethyl adjacent to an activating group) is 2. The molecule has 1 aliphatic rings. The van der Waals surface area contributed by atoms with E-state index in [9.17, 15) is 0 Å². The summed E-state index contributed by atoms with van der Waals surface area (Å²) in [5, 5.41) is 5.65. The topological polar surface area (TPSA) is 34.1 Å². The summed E-state index contributed by atoms with van der Waals surface area (Å²) in [6.07, 6.45) is 3.54. The fourth-order valence-corrected chi connectivity index (χ4v) is 3.91. The van der Waals surface area contributed by atoms with Gasteiger partial charge in [-0.15, -0.1) is 35.3 Å². The molecule has 2 heterocycles. The highest BCUT2D eigenvalue weighted by molar-refractivity contribution is 14.0. The van der Waals surface area contributed by atoms with Gasteiger partial charge in [-0.05, 0) is 43.8 Å². The van der Waals surface area contributed by atoms with Gasteiger partial charge in [0.05, 0.1) is 0 Å². The minimum Gasteiger partial charge on any atom is -0.356 e. The molecular weight excluding hydrogens is 457 g/mol. The second kappa shape index (κ2) is 13.7. The van der Waals surface area contributed by atoms with Crippen molar-refractivity contribution < 1.29 is 0 Å².